The van der Waals surface area contributed by atoms with Crippen molar-refractivity contribution in [3.05, 3.63) is 0 Å². The zero-order valence-corrected chi connectivity index (χ0v) is 12.6. The fraction of sp³-hybridized carbons (Fsp3) is 0.857. The minimum absolute atomic E-state index is 0.0936. The van der Waals surface area contributed by atoms with E-state index in [0.29, 0.717) is 19.5 Å². The van der Waals surface area contributed by atoms with Gasteiger partial charge in [0.2, 0.25) is 5.91 Å². The second kappa shape index (κ2) is 6.37. The number of hydrogen-bond donors (Lipinski definition) is 1. The minimum atomic E-state index is -0.758. The Balaban J connectivity index is 2.69. The molecule has 0 saturated carbocycles. The van der Waals surface area contributed by atoms with Crippen LogP contribution in [-0.4, -0.2) is 58.0 Å². The molecule has 19 heavy (non-hydrogen) atoms. The number of likely N-dealkylation sites (tertiary alicyclic amines) is 1. The van der Waals surface area contributed by atoms with E-state index in [9.17, 15) is 9.59 Å². The molecule has 1 saturated heterocycles. The number of amides is 1. The minimum Gasteiger partial charge on any atom is -0.481 e. The Labute approximate surface area is 115 Å². The standard InChI is InChI=1S/C14H26N2O3/c1-9(2)16(10(3)4)13(17)11(5)15-7-6-12(8-15)14(18)19/h9-12H,6-8H2,1-5H3,(H,18,19). The van der Waals surface area contributed by atoms with Crippen LogP contribution in [0.25, 0.3) is 0 Å². The molecule has 5 nitrogen and oxygen atoms in total. The Kier molecular flexibility index (Phi) is 5.35. The predicted molar refractivity (Wildman–Crippen MR) is 73.9 cm³/mol. The molecule has 1 rings (SSSR count). The molecule has 1 heterocycles. The van der Waals surface area contributed by atoms with Crippen LogP contribution in [0, 0.1) is 5.92 Å². The summed E-state index contributed by atoms with van der Waals surface area (Å²) in [6, 6.07) is 0.0785. The van der Waals surface area contributed by atoms with Crippen LogP contribution >= 0.6 is 0 Å². The lowest BCUT2D eigenvalue weighted by molar-refractivity contribution is -0.143. The number of rotatable bonds is 5. The average molecular weight is 270 g/mol. The van der Waals surface area contributed by atoms with Gasteiger partial charge in [0, 0.05) is 18.6 Å². The van der Waals surface area contributed by atoms with E-state index in [1.165, 1.54) is 0 Å². The first-order valence-electron chi connectivity index (χ1n) is 7.04. The molecule has 1 amide bonds. The van der Waals surface area contributed by atoms with Crippen molar-refractivity contribution >= 4 is 11.9 Å². The van der Waals surface area contributed by atoms with Crippen molar-refractivity contribution in [2.24, 2.45) is 5.92 Å². The van der Waals surface area contributed by atoms with Gasteiger partial charge in [0.05, 0.1) is 12.0 Å². The lowest BCUT2D eigenvalue weighted by atomic mass is 10.1. The van der Waals surface area contributed by atoms with Crippen LogP contribution in [0.5, 0.6) is 0 Å². The second-order valence-corrected chi connectivity index (χ2v) is 5.93. The monoisotopic (exact) mass is 270 g/mol. The van der Waals surface area contributed by atoms with Crippen LogP contribution in [0.2, 0.25) is 0 Å². The van der Waals surface area contributed by atoms with Crippen molar-refractivity contribution in [2.75, 3.05) is 13.1 Å². The van der Waals surface area contributed by atoms with E-state index in [0.717, 1.165) is 0 Å². The van der Waals surface area contributed by atoms with E-state index >= 15 is 0 Å². The van der Waals surface area contributed by atoms with Crippen LogP contribution < -0.4 is 0 Å². The second-order valence-electron chi connectivity index (χ2n) is 5.93. The summed E-state index contributed by atoms with van der Waals surface area (Å²) in [6.45, 7) is 11.1. The van der Waals surface area contributed by atoms with Crippen molar-refractivity contribution < 1.29 is 14.7 Å². The number of carbonyl (C=O) groups is 2. The third-order valence-corrected chi connectivity index (χ3v) is 3.84. The van der Waals surface area contributed by atoms with Crippen LogP contribution in [0.3, 0.4) is 0 Å². The maximum Gasteiger partial charge on any atom is 0.307 e. The number of hydrogen-bond acceptors (Lipinski definition) is 3. The third kappa shape index (κ3) is 3.69. The largest absolute Gasteiger partial charge is 0.481 e. The zero-order valence-electron chi connectivity index (χ0n) is 12.6. The summed E-state index contributed by atoms with van der Waals surface area (Å²) in [7, 11) is 0. The number of nitrogens with zero attached hydrogens (tertiary/aromatic N) is 2. The van der Waals surface area contributed by atoms with Gasteiger partial charge in [-0.1, -0.05) is 0 Å². The van der Waals surface area contributed by atoms with Gasteiger partial charge in [0.15, 0.2) is 0 Å². The van der Waals surface area contributed by atoms with E-state index < -0.39 is 5.97 Å². The highest BCUT2D eigenvalue weighted by Crippen LogP contribution is 2.21. The van der Waals surface area contributed by atoms with E-state index in [-0.39, 0.29) is 30.0 Å². The molecule has 1 fully saturated rings. The first kappa shape index (κ1) is 16.0. The Morgan fingerprint density at radius 1 is 1.16 bits per heavy atom. The van der Waals surface area contributed by atoms with E-state index in [2.05, 4.69) is 0 Å². The van der Waals surface area contributed by atoms with Crippen molar-refractivity contribution in [1.29, 1.82) is 0 Å². The Bertz CT molecular complexity index is 334. The summed E-state index contributed by atoms with van der Waals surface area (Å²) < 4.78 is 0. The smallest absolute Gasteiger partial charge is 0.307 e. The summed E-state index contributed by atoms with van der Waals surface area (Å²) >= 11 is 0. The molecule has 0 aliphatic carbocycles. The number of aliphatic carboxylic acids is 1. The van der Waals surface area contributed by atoms with E-state index in [1.54, 1.807) is 0 Å². The average Bonchev–Trinajstić information content (AvgIpc) is 2.75. The van der Waals surface area contributed by atoms with Gasteiger partial charge in [-0.25, -0.2) is 0 Å². The number of carboxylic acids is 1. The predicted octanol–water partition coefficient (Wildman–Crippen LogP) is 1.43. The fourth-order valence-corrected chi connectivity index (χ4v) is 2.82. The van der Waals surface area contributed by atoms with E-state index in [1.807, 2.05) is 44.4 Å². The van der Waals surface area contributed by atoms with Crippen molar-refractivity contribution in [3.63, 3.8) is 0 Å². The molecule has 1 aliphatic rings. The van der Waals surface area contributed by atoms with Gasteiger partial charge in [0.1, 0.15) is 0 Å². The SMILES string of the molecule is CC(C(=O)N(C(C)C)C(C)C)N1CCC(C(=O)O)C1. The Morgan fingerprint density at radius 3 is 2.05 bits per heavy atom. The highest BCUT2D eigenvalue weighted by molar-refractivity contribution is 5.82. The van der Waals surface area contributed by atoms with Gasteiger partial charge < -0.3 is 10.0 Å². The molecule has 0 aromatic heterocycles. The number of carboxylic acid groups (broad SMARTS) is 1. The zero-order chi connectivity index (χ0) is 14.7. The molecule has 0 radical (unpaired) electrons. The number of carbonyl (C=O) groups excluding carboxylic acids is 1. The molecule has 0 aromatic carbocycles. The maximum atomic E-state index is 12.5. The maximum absolute atomic E-state index is 12.5. The highest BCUT2D eigenvalue weighted by atomic mass is 16.4. The van der Waals surface area contributed by atoms with Crippen LogP contribution in [0.1, 0.15) is 41.0 Å². The van der Waals surface area contributed by atoms with Crippen molar-refractivity contribution in [1.82, 2.24) is 9.80 Å². The quantitative estimate of drug-likeness (QED) is 0.821. The van der Waals surface area contributed by atoms with Crippen LogP contribution in [0.15, 0.2) is 0 Å². The van der Waals surface area contributed by atoms with Crippen LogP contribution in [0.4, 0.5) is 0 Å². The molecular weight excluding hydrogens is 244 g/mol. The molecule has 1 N–H and O–H groups in total. The highest BCUT2D eigenvalue weighted by Gasteiger charge is 2.35. The normalized spacial score (nSPS) is 21.9. The molecule has 0 aromatic rings. The summed E-state index contributed by atoms with van der Waals surface area (Å²) in [5.74, 6) is -0.996. The van der Waals surface area contributed by atoms with E-state index in [4.69, 9.17) is 5.11 Å². The topological polar surface area (TPSA) is 60.9 Å². The molecule has 5 heteroatoms. The lowest BCUT2D eigenvalue weighted by Crippen LogP contribution is -2.51. The lowest BCUT2D eigenvalue weighted by Gasteiger charge is -2.35. The molecular formula is C14H26N2O3. The van der Waals surface area contributed by atoms with Gasteiger partial charge in [-0.05, 0) is 47.6 Å². The summed E-state index contributed by atoms with van der Waals surface area (Å²) in [5, 5.41) is 9.02. The molecule has 2 unspecified atom stereocenters. The fourth-order valence-electron chi connectivity index (χ4n) is 2.82. The van der Waals surface area contributed by atoms with Gasteiger partial charge in [0.25, 0.3) is 0 Å². The molecule has 0 bridgehead atoms. The molecule has 2 atom stereocenters. The third-order valence-electron chi connectivity index (χ3n) is 3.84. The van der Waals surface area contributed by atoms with Crippen molar-refractivity contribution in [2.45, 2.75) is 59.2 Å². The molecule has 110 valence electrons. The summed E-state index contributed by atoms with van der Waals surface area (Å²) in [4.78, 5) is 27.4. The first-order chi connectivity index (χ1) is 8.75. The molecule has 0 spiro atoms. The van der Waals surface area contributed by atoms with Crippen LogP contribution in [-0.2, 0) is 9.59 Å². The molecule has 1 aliphatic heterocycles. The van der Waals surface area contributed by atoms with Gasteiger partial charge in [-0.2, -0.15) is 0 Å². The summed E-state index contributed by atoms with van der Waals surface area (Å²) in [5.41, 5.74) is 0. The van der Waals surface area contributed by atoms with Gasteiger partial charge in [-0.15, -0.1) is 0 Å². The van der Waals surface area contributed by atoms with Crippen molar-refractivity contribution in [3.8, 4) is 0 Å². The first-order valence-corrected chi connectivity index (χ1v) is 7.04. The Morgan fingerprint density at radius 2 is 1.68 bits per heavy atom. The summed E-state index contributed by atoms with van der Waals surface area (Å²) in [6.07, 6.45) is 0.635. The van der Waals surface area contributed by atoms with Gasteiger partial charge in [-0.3, -0.25) is 14.5 Å². The Hall–Kier alpha value is -1.10. The van der Waals surface area contributed by atoms with Gasteiger partial charge >= 0.3 is 5.97 Å².